The molecule has 0 radical (unpaired) electrons. The zero-order valence-electron chi connectivity index (χ0n) is 17.8. The number of guanidine groups is 1. The van der Waals surface area contributed by atoms with Gasteiger partial charge in [-0.3, -0.25) is 14.9 Å². The lowest BCUT2D eigenvalue weighted by molar-refractivity contribution is -0.124. The fraction of sp³-hybridized carbons (Fsp3) is 0.619. The molecule has 1 aliphatic carbocycles. The first-order chi connectivity index (χ1) is 14.8. The molecule has 4 atom stereocenters. The summed E-state index contributed by atoms with van der Waals surface area (Å²) in [5.74, 6) is -0.350. The van der Waals surface area contributed by atoms with Crippen LogP contribution in [0.3, 0.4) is 0 Å². The molecule has 1 aromatic rings. The van der Waals surface area contributed by atoms with Crippen LogP contribution in [-0.4, -0.2) is 36.2 Å². The number of benzene rings is 1. The number of aliphatic imine (C=N–C) groups is 1. The van der Waals surface area contributed by atoms with Crippen molar-refractivity contribution in [1.82, 2.24) is 27.0 Å². The van der Waals surface area contributed by atoms with Crippen LogP contribution in [-0.2, 0) is 9.63 Å². The van der Waals surface area contributed by atoms with Crippen LogP contribution in [0.4, 0.5) is 4.39 Å². The van der Waals surface area contributed by atoms with Crippen LogP contribution in [0, 0.1) is 11.7 Å². The highest BCUT2D eigenvalue weighted by Crippen LogP contribution is 2.29. The van der Waals surface area contributed by atoms with E-state index in [0.717, 1.165) is 31.2 Å². The fourth-order valence-corrected chi connectivity index (χ4v) is 4.70. The molecule has 31 heavy (non-hydrogen) atoms. The SMILES string of the molecule is CC1ONCC1C(=O)NC(=NC1CC(c2cc(F)cc(Cl)c2)NN1)NC1(C)CCCC1. The van der Waals surface area contributed by atoms with Crippen LogP contribution in [0.2, 0.25) is 5.02 Å². The second-order valence-corrected chi connectivity index (χ2v) is 9.37. The minimum atomic E-state index is -0.374. The zero-order valence-corrected chi connectivity index (χ0v) is 18.6. The summed E-state index contributed by atoms with van der Waals surface area (Å²) in [6.45, 7) is 4.48. The number of nitrogens with zero attached hydrogens (tertiary/aromatic N) is 1. The molecule has 0 spiro atoms. The van der Waals surface area contributed by atoms with Gasteiger partial charge in [-0.1, -0.05) is 24.4 Å². The number of rotatable bonds is 4. The first kappa shape index (κ1) is 22.4. The van der Waals surface area contributed by atoms with Gasteiger partial charge < -0.3 is 5.32 Å². The lowest BCUT2D eigenvalue weighted by Crippen LogP contribution is -2.53. The predicted octanol–water partition coefficient (Wildman–Crippen LogP) is 2.28. The van der Waals surface area contributed by atoms with Crippen LogP contribution < -0.4 is 27.0 Å². The molecule has 4 rings (SSSR count). The third-order valence-electron chi connectivity index (χ3n) is 6.30. The number of hydrogen-bond acceptors (Lipinski definition) is 6. The maximum Gasteiger partial charge on any atom is 0.233 e. The van der Waals surface area contributed by atoms with Gasteiger partial charge in [-0.2, -0.15) is 0 Å². The number of hydrazine groups is 1. The summed E-state index contributed by atoms with van der Waals surface area (Å²) in [5, 5.41) is 6.80. The first-order valence-corrected chi connectivity index (χ1v) is 11.2. The number of carbonyl (C=O) groups excluding carboxylic acids is 1. The van der Waals surface area contributed by atoms with E-state index in [2.05, 4.69) is 33.9 Å². The van der Waals surface area contributed by atoms with E-state index in [4.69, 9.17) is 21.4 Å². The van der Waals surface area contributed by atoms with Crippen molar-refractivity contribution in [3.63, 3.8) is 0 Å². The molecule has 4 unspecified atom stereocenters. The first-order valence-electron chi connectivity index (χ1n) is 10.8. The quantitative estimate of drug-likeness (QED) is 0.355. The summed E-state index contributed by atoms with van der Waals surface area (Å²) in [6.07, 6.45) is 4.41. The Morgan fingerprint density at radius 3 is 2.74 bits per heavy atom. The van der Waals surface area contributed by atoms with Gasteiger partial charge in [0.25, 0.3) is 0 Å². The van der Waals surface area contributed by atoms with Gasteiger partial charge in [-0.15, -0.1) is 0 Å². The highest BCUT2D eigenvalue weighted by molar-refractivity contribution is 6.30. The summed E-state index contributed by atoms with van der Waals surface area (Å²) in [6, 6.07) is 4.34. The van der Waals surface area contributed by atoms with Gasteiger partial charge in [-0.25, -0.2) is 25.7 Å². The van der Waals surface area contributed by atoms with Gasteiger partial charge in [0, 0.05) is 29.6 Å². The van der Waals surface area contributed by atoms with Crippen LogP contribution in [0.15, 0.2) is 23.2 Å². The molecule has 170 valence electrons. The van der Waals surface area contributed by atoms with Crippen molar-refractivity contribution < 1.29 is 14.0 Å². The molecule has 2 heterocycles. The van der Waals surface area contributed by atoms with Crippen molar-refractivity contribution in [1.29, 1.82) is 0 Å². The molecule has 3 aliphatic rings. The maximum atomic E-state index is 13.7. The molecular weight excluding hydrogens is 423 g/mol. The van der Waals surface area contributed by atoms with Crippen LogP contribution in [0.1, 0.15) is 57.6 Å². The second kappa shape index (κ2) is 9.38. The van der Waals surface area contributed by atoms with Gasteiger partial charge in [0.1, 0.15) is 12.0 Å². The Kier molecular flexibility index (Phi) is 6.78. The van der Waals surface area contributed by atoms with Gasteiger partial charge in [0.15, 0.2) is 5.96 Å². The van der Waals surface area contributed by atoms with Crippen LogP contribution in [0.25, 0.3) is 0 Å². The summed E-state index contributed by atoms with van der Waals surface area (Å²) in [4.78, 5) is 22.9. The Balaban J connectivity index is 1.48. The Hall–Kier alpha value is -1.78. The molecule has 0 aromatic heterocycles. The van der Waals surface area contributed by atoms with E-state index in [-0.39, 0.29) is 41.5 Å². The van der Waals surface area contributed by atoms with Gasteiger partial charge >= 0.3 is 0 Å². The molecule has 8 nitrogen and oxygen atoms in total. The average Bonchev–Trinajstić information content (AvgIpc) is 3.42. The summed E-state index contributed by atoms with van der Waals surface area (Å²) in [7, 11) is 0. The van der Waals surface area contributed by atoms with E-state index >= 15 is 0 Å². The molecule has 10 heteroatoms. The average molecular weight is 453 g/mol. The smallest absolute Gasteiger partial charge is 0.233 e. The van der Waals surface area contributed by atoms with Crippen molar-refractivity contribution >= 4 is 23.5 Å². The Morgan fingerprint density at radius 1 is 1.29 bits per heavy atom. The topological polar surface area (TPSA) is 98.8 Å². The molecule has 1 aromatic carbocycles. The van der Waals surface area contributed by atoms with E-state index in [1.807, 2.05) is 6.92 Å². The zero-order chi connectivity index (χ0) is 22.0. The lowest BCUT2D eigenvalue weighted by Gasteiger charge is -2.28. The summed E-state index contributed by atoms with van der Waals surface area (Å²) < 4.78 is 13.7. The number of hydroxylamine groups is 1. The largest absolute Gasteiger partial charge is 0.351 e. The maximum absolute atomic E-state index is 13.7. The molecule has 3 fully saturated rings. The lowest BCUT2D eigenvalue weighted by atomic mass is 10.0. The number of halogens is 2. The van der Waals surface area contributed by atoms with E-state index in [1.165, 1.54) is 12.1 Å². The Morgan fingerprint density at radius 2 is 2.06 bits per heavy atom. The van der Waals surface area contributed by atoms with E-state index in [0.29, 0.717) is 23.9 Å². The van der Waals surface area contributed by atoms with Crippen molar-refractivity contribution in [3.05, 3.63) is 34.6 Å². The molecule has 2 saturated heterocycles. The van der Waals surface area contributed by atoms with Crippen LogP contribution >= 0.6 is 11.6 Å². The number of nitrogens with one attached hydrogen (secondary N) is 5. The van der Waals surface area contributed by atoms with Gasteiger partial charge in [0.2, 0.25) is 5.91 Å². The summed E-state index contributed by atoms with van der Waals surface area (Å²) >= 11 is 6.00. The van der Waals surface area contributed by atoms with Crippen molar-refractivity contribution in [2.45, 2.75) is 69.8 Å². The number of carbonyl (C=O) groups is 1. The fourth-order valence-electron chi connectivity index (χ4n) is 4.47. The monoisotopic (exact) mass is 452 g/mol. The van der Waals surface area contributed by atoms with Crippen molar-refractivity contribution in [3.8, 4) is 0 Å². The predicted molar refractivity (Wildman–Crippen MR) is 116 cm³/mol. The minimum absolute atomic E-state index is 0.107. The normalized spacial score (nSPS) is 30.5. The third-order valence-corrected chi connectivity index (χ3v) is 6.52. The Bertz CT molecular complexity index is 827. The standard InChI is InChI=1S/C21H30ClFN6O2/c1-12-16(11-24-31-12)19(30)26-20(27-21(2)5-3-4-6-21)25-18-10-17(28-29-18)13-7-14(22)9-15(23)8-13/h7-9,12,16-18,24,28-29H,3-6,10-11H2,1-2H3,(H2,25,26,27,30). The van der Waals surface area contributed by atoms with Crippen molar-refractivity contribution in [2.24, 2.45) is 10.9 Å². The van der Waals surface area contributed by atoms with Crippen LogP contribution in [0.5, 0.6) is 0 Å². The molecule has 5 N–H and O–H groups in total. The minimum Gasteiger partial charge on any atom is -0.351 e. The highest BCUT2D eigenvalue weighted by atomic mass is 35.5. The van der Waals surface area contributed by atoms with E-state index in [9.17, 15) is 9.18 Å². The molecule has 1 amide bonds. The summed E-state index contributed by atoms with van der Waals surface area (Å²) in [5.41, 5.74) is 9.70. The number of hydrogen-bond donors (Lipinski definition) is 5. The number of amides is 1. The van der Waals surface area contributed by atoms with Gasteiger partial charge in [0.05, 0.1) is 12.0 Å². The molecule has 1 saturated carbocycles. The van der Waals surface area contributed by atoms with Gasteiger partial charge in [-0.05, 0) is 50.5 Å². The van der Waals surface area contributed by atoms with Crippen molar-refractivity contribution in [2.75, 3.05) is 6.54 Å². The molecular formula is C21H30ClFN6O2. The highest BCUT2D eigenvalue weighted by Gasteiger charge is 2.35. The van der Waals surface area contributed by atoms with E-state index in [1.54, 1.807) is 6.07 Å². The second-order valence-electron chi connectivity index (χ2n) is 8.93. The molecule has 2 aliphatic heterocycles. The Labute approximate surface area is 186 Å². The van der Waals surface area contributed by atoms with E-state index < -0.39 is 0 Å². The molecule has 0 bridgehead atoms. The third kappa shape index (κ3) is 5.53.